The fourth-order valence-corrected chi connectivity index (χ4v) is 3.78. The number of hydrogen-bond acceptors (Lipinski definition) is 6. The number of fused-ring (bicyclic) bond motifs is 2. The van der Waals surface area contributed by atoms with Crippen molar-refractivity contribution in [1.29, 1.82) is 0 Å². The quantitative estimate of drug-likeness (QED) is 0.588. The molecule has 2 aliphatic heterocycles. The number of rotatable bonds is 3. The van der Waals surface area contributed by atoms with Gasteiger partial charge in [0.1, 0.15) is 0 Å². The molecule has 1 unspecified atom stereocenters. The van der Waals surface area contributed by atoms with Crippen LogP contribution in [-0.2, 0) is 4.79 Å². The third-order valence-electron chi connectivity index (χ3n) is 5.53. The molecule has 0 aromatic heterocycles. The van der Waals surface area contributed by atoms with Crippen LogP contribution in [0.1, 0.15) is 42.4 Å². The fourth-order valence-electron chi connectivity index (χ4n) is 3.78. The van der Waals surface area contributed by atoms with Gasteiger partial charge in [0.15, 0.2) is 11.5 Å². The summed E-state index contributed by atoms with van der Waals surface area (Å²) in [6.07, 6.45) is 1.80. The molecule has 0 bridgehead atoms. The predicted molar refractivity (Wildman–Crippen MR) is 104 cm³/mol. The smallest absolute Gasteiger partial charge is 0.269 e. The zero-order chi connectivity index (χ0) is 20.1. The van der Waals surface area contributed by atoms with Crippen LogP contribution in [0.25, 0.3) is 0 Å². The van der Waals surface area contributed by atoms with Crippen LogP contribution in [0.3, 0.4) is 0 Å². The zero-order valence-corrected chi connectivity index (χ0v) is 15.8. The van der Waals surface area contributed by atoms with Gasteiger partial charge >= 0.3 is 0 Å². The number of hydrogen-bond donors (Lipinski definition) is 0. The Balaban J connectivity index is 1.65. The number of nitro benzene ring substituents is 1. The maximum Gasteiger partial charge on any atom is 0.269 e. The molecule has 8 nitrogen and oxygen atoms in total. The van der Waals surface area contributed by atoms with Gasteiger partial charge in [0, 0.05) is 35.1 Å². The van der Waals surface area contributed by atoms with Crippen molar-refractivity contribution in [3.05, 3.63) is 63.2 Å². The SMILES string of the molecule is CC1CN(C(=O)C2CC2)N=C(c2ccc([N+](=O)[O-])cc2)c2cc3c(cc21)OCO3. The first-order chi connectivity index (χ1) is 14.0. The van der Waals surface area contributed by atoms with E-state index in [1.807, 2.05) is 12.1 Å². The summed E-state index contributed by atoms with van der Waals surface area (Å²) in [5.74, 6) is 1.43. The summed E-state index contributed by atoms with van der Waals surface area (Å²) in [7, 11) is 0. The molecule has 1 amide bonds. The summed E-state index contributed by atoms with van der Waals surface area (Å²) >= 11 is 0. The molecule has 0 radical (unpaired) electrons. The van der Waals surface area contributed by atoms with Crippen molar-refractivity contribution >= 4 is 17.3 Å². The zero-order valence-electron chi connectivity index (χ0n) is 15.8. The van der Waals surface area contributed by atoms with Crippen LogP contribution in [0.4, 0.5) is 5.69 Å². The van der Waals surface area contributed by atoms with Gasteiger partial charge in [-0.15, -0.1) is 0 Å². The lowest BCUT2D eigenvalue weighted by molar-refractivity contribution is -0.384. The highest BCUT2D eigenvalue weighted by molar-refractivity contribution is 6.14. The van der Waals surface area contributed by atoms with E-state index in [2.05, 4.69) is 6.92 Å². The molecule has 148 valence electrons. The molecule has 5 rings (SSSR count). The lowest BCUT2D eigenvalue weighted by Crippen LogP contribution is -2.30. The first kappa shape index (κ1) is 17.7. The molecule has 1 saturated carbocycles. The molecule has 1 fully saturated rings. The molecule has 1 aliphatic carbocycles. The minimum absolute atomic E-state index is 0.00756. The Kier molecular flexibility index (Phi) is 4.01. The van der Waals surface area contributed by atoms with E-state index < -0.39 is 4.92 Å². The summed E-state index contributed by atoms with van der Waals surface area (Å²) in [4.78, 5) is 23.4. The number of nitrogens with zero attached hydrogens (tertiary/aromatic N) is 3. The number of carbonyl (C=O) groups excluding carboxylic acids is 1. The molecule has 3 aliphatic rings. The van der Waals surface area contributed by atoms with E-state index >= 15 is 0 Å². The van der Waals surface area contributed by atoms with Crippen molar-refractivity contribution in [1.82, 2.24) is 5.01 Å². The molecular formula is C21H19N3O5. The second kappa shape index (κ2) is 6.58. The molecule has 2 aromatic rings. The number of nitro groups is 1. The number of non-ortho nitro benzene ring substituents is 1. The van der Waals surface area contributed by atoms with Crippen molar-refractivity contribution in [2.75, 3.05) is 13.3 Å². The number of benzene rings is 2. The maximum absolute atomic E-state index is 12.8. The molecular weight excluding hydrogens is 374 g/mol. The van der Waals surface area contributed by atoms with E-state index in [4.69, 9.17) is 14.6 Å². The largest absolute Gasteiger partial charge is 0.454 e. The van der Waals surface area contributed by atoms with Crippen LogP contribution in [0.2, 0.25) is 0 Å². The molecule has 2 heterocycles. The Labute approximate surface area is 166 Å². The van der Waals surface area contributed by atoms with E-state index in [-0.39, 0.29) is 30.2 Å². The minimum Gasteiger partial charge on any atom is -0.454 e. The normalized spacial score (nSPS) is 20.0. The molecule has 0 N–H and O–H groups in total. The third kappa shape index (κ3) is 3.10. The molecule has 0 saturated heterocycles. The average Bonchev–Trinajstić information content (AvgIpc) is 3.49. The van der Waals surface area contributed by atoms with E-state index in [1.165, 1.54) is 12.1 Å². The van der Waals surface area contributed by atoms with Gasteiger partial charge < -0.3 is 9.47 Å². The Morgan fingerprint density at radius 2 is 1.86 bits per heavy atom. The number of ether oxygens (including phenoxy) is 2. The fraction of sp³-hybridized carbons (Fsp3) is 0.333. The van der Waals surface area contributed by atoms with Crippen molar-refractivity contribution in [3.63, 3.8) is 0 Å². The van der Waals surface area contributed by atoms with E-state index in [0.717, 1.165) is 24.0 Å². The van der Waals surface area contributed by atoms with Crippen LogP contribution in [0.5, 0.6) is 11.5 Å². The third-order valence-corrected chi connectivity index (χ3v) is 5.53. The Morgan fingerprint density at radius 3 is 2.52 bits per heavy atom. The monoisotopic (exact) mass is 393 g/mol. The van der Waals surface area contributed by atoms with Gasteiger partial charge in [-0.2, -0.15) is 5.10 Å². The van der Waals surface area contributed by atoms with Crippen LogP contribution >= 0.6 is 0 Å². The van der Waals surface area contributed by atoms with Gasteiger partial charge in [-0.1, -0.05) is 6.92 Å². The highest BCUT2D eigenvalue weighted by atomic mass is 16.7. The molecule has 1 atom stereocenters. The summed E-state index contributed by atoms with van der Waals surface area (Å²) in [5, 5.41) is 17.3. The number of hydrazone groups is 1. The standard InChI is InChI=1S/C21H19N3O5/c1-12-10-23(21(25)14-2-3-14)22-20(13-4-6-15(7-5-13)24(26)27)17-9-19-18(8-16(12)17)28-11-29-19/h4-9,12,14H,2-3,10-11H2,1H3. The van der Waals surface area contributed by atoms with Crippen LogP contribution in [0.15, 0.2) is 41.5 Å². The Morgan fingerprint density at radius 1 is 1.17 bits per heavy atom. The van der Waals surface area contributed by atoms with E-state index in [9.17, 15) is 14.9 Å². The highest BCUT2D eigenvalue weighted by Crippen LogP contribution is 2.40. The van der Waals surface area contributed by atoms with E-state index in [1.54, 1.807) is 17.1 Å². The first-order valence-electron chi connectivity index (χ1n) is 9.60. The number of carbonyl (C=O) groups is 1. The summed E-state index contributed by atoms with van der Waals surface area (Å²) in [6.45, 7) is 2.70. The summed E-state index contributed by atoms with van der Waals surface area (Å²) in [5.41, 5.74) is 3.18. The Bertz CT molecular complexity index is 1040. The van der Waals surface area contributed by atoms with Crippen LogP contribution in [-0.4, -0.2) is 34.9 Å². The van der Waals surface area contributed by atoms with Crippen molar-refractivity contribution < 1.29 is 19.2 Å². The van der Waals surface area contributed by atoms with Gasteiger partial charge in [0.05, 0.1) is 17.2 Å². The van der Waals surface area contributed by atoms with Gasteiger partial charge in [0.25, 0.3) is 5.69 Å². The second-order valence-corrected chi connectivity index (χ2v) is 7.64. The average molecular weight is 393 g/mol. The number of amides is 1. The molecule has 29 heavy (non-hydrogen) atoms. The molecule has 0 spiro atoms. The Hall–Kier alpha value is -3.42. The maximum atomic E-state index is 12.8. The van der Waals surface area contributed by atoms with Crippen molar-refractivity contribution in [2.24, 2.45) is 11.0 Å². The van der Waals surface area contributed by atoms with Gasteiger partial charge in [-0.05, 0) is 42.7 Å². The second-order valence-electron chi connectivity index (χ2n) is 7.64. The van der Waals surface area contributed by atoms with E-state index in [0.29, 0.717) is 29.3 Å². The van der Waals surface area contributed by atoms with Crippen molar-refractivity contribution in [2.45, 2.75) is 25.7 Å². The topological polar surface area (TPSA) is 94.3 Å². The lowest BCUT2D eigenvalue weighted by Gasteiger charge is -2.19. The first-order valence-corrected chi connectivity index (χ1v) is 9.60. The minimum atomic E-state index is -0.435. The summed E-state index contributed by atoms with van der Waals surface area (Å²) in [6, 6.07) is 10.1. The lowest BCUT2D eigenvalue weighted by atomic mass is 9.90. The van der Waals surface area contributed by atoms with Gasteiger partial charge in [-0.25, -0.2) is 5.01 Å². The highest BCUT2D eigenvalue weighted by Gasteiger charge is 2.36. The van der Waals surface area contributed by atoms with Gasteiger partial charge in [-0.3, -0.25) is 14.9 Å². The van der Waals surface area contributed by atoms with Crippen molar-refractivity contribution in [3.8, 4) is 11.5 Å². The molecule has 8 heteroatoms. The molecule has 2 aromatic carbocycles. The van der Waals surface area contributed by atoms with Crippen LogP contribution < -0.4 is 9.47 Å². The summed E-state index contributed by atoms with van der Waals surface area (Å²) < 4.78 is 11.1. The van der Waals surface area contributed by atoms with Gasteiger partial charge in [0.2, 0.25) is 12.7 Å². The van der Waals surface area contributed by atoms with Crippen LogP contribution in [0, 0.1) is 16.0 Å². The predicted octanol–water partition coefficient (Wildman–Crippen LogP) is 3.43.